The summed E-state index contributed by atoms with van der Waals surface area (Å²) in [6, 6.07) is 3.71. The zero-order chi connectivity index (χ0) is 13.0. The van der Waals surface area contributed by atoms with E-state index in [9.17, 15) is 14.9 Å². The van der Waals surface area contributed by atoms with Crippen molar-refractivity contribution in [2.75, 3.05) is 5.32 Å². The lowest BCUT2D eigenvalue weighted by Gasteiger charge is -2.13. The Morgan fingerprint density at radius 1 is 1.53 bits per heavy atom. The summed E-state index contributed by atoms with van der Waals surface area (Å²) in [7, 11) is 0. The lowest BCUT2D eigenvalue weighted by molar-refractivity contribution is -0.384. The molecule has 1 unspecified atom stereocenters. The predicted octanol–water partition coefficient (Wildman–Crippen LogP) is 2.18. The number of non-ortho nitro benzene ring substituents is 1. The van der Waals surface area contributed by atoms with E-state index in [1.807, 2.05) is 0 Å². The van der Waals surface area contributed by atoms with Crippen LogP contribution in [0.1, 0.15) is 18.9 Å². The Hall–Kier alpha value is -2.11. The first-order valence-corrected chi connectivity index (χ1v) is 5.19. The Morgan fingerprint density at radius 3 is 2.65 bits per heavy atom. The molecule has 0 amide bonds. The van der Waals surface area contributed by atoms with Gasteiger partial charge in [0.2, 0.25) is 0 Å². The van der Waals surface area contributed by atoms with Gasteiger partial charge in [-0.25, -0.2) is 4.79 Å². The predicted molar refractivity (Wildman–Crippen MR) is 63.2 cm³/mol. The first kappa shape index (κ1) is 13.0. The van der Waals surface area contributed by atoms with Crippen molar-refractivity contribution >= 4 is 17.3 Å². The second kappa shape index (κ2) is 5.29. The van der Waals surface area contributed by atoms with Crippen LogP contribution < -0.4 is 5.32 Å². The van der Waals surface area contributed by atoms with Crippen molar-refractivity contribution in [1.29, 1.82) is 0 Å². The maximum atomic E-state index is 10.8. The largest absolute Gasteiger partial charge is 0.480 e. The van der Waals surface area contributed by atoms with E-state index in [-0.39, 0.29) is 5.69 Å². The Labute approximate surface area is 98.4 Å². The highest BCUT2D eigenvalue weighted by Gasteiger charge is 2.16. The average molecular weight is 238 g/mol. The highest BCUT2D eigenvalue weighted by Crippen LogP contribution is 2.21. The van der Waals surface area contributed by atoms with E-state index in [2.05, 4.69) is 5.32 Å². The van der Waals surface area contributed by atoms with Crippen LogP contribution in [0.2, 0.25) is 0 Å². The normalized spacial score (nSPS) is 11.9. The van der Waals surface area contributed by atoms with Crippen LogP contribution in [0, 0.1) is 17.0 Å². The summed E-state index contributed by atoms with van der Waals surface area (Å²) >= 11 is 0. The maximum absolute atomic E-state index is 10.8. The van der Waals surface area contributed by atoms with Gasteiger partial charge >= 0.3 is 5.97 Å². The molecule has 1 aromatic rings. The van der Waals surface area contributed by atoms with Crippen LogP contribution in [0.25, 0.3) is 0 Å². The van der Waals surface area contributed by atoms with Crippen LogP contribution in [0.3, 0.4) is 0 Å². The Kier molecular flexibility index (Phi) is 4.03. The number of carboxylic acid groups (broad SMARTS) is 1. The molecule has 6 nitrogen and oxygen atoms in total. The molecule has 0 aliphatic carbocycles. The number of carboxylic acids is 1. The van der Waals surface area contributed by atoms with Crippen LogP contribution in [0.4, 0.5) is 11.4 Å². The number of nitro groups is 1. The number of benzene rings is 1. The molecule has 1 atom stereocenters. The molecule has 0 fully saturated rings. The van der Waals surface area contributed by atoms with Crippen LogP contribution >= 0.6 is 0 Å². The van der Waals surface area contributed by atoms with Gasteiger partial charge < -0.3 is 10.4 Å². The third kappa shape index (κ3) is 3.44. The number of anilines is 1. The van der Waals surface area contributed by atoms with Crippen LogP contribution in [-0.2, 0) is 4.79 Å². The summed E-state index contributed by atoms with van der Waals surface area (Å²) < 4.78 is 0. The number of rotatable bonds is 5. The van der Waals surface area contributed by atoms with Gasteiger partial charge in [-0.1, -0.05) is 6.92 Å². The molecule has 92 valence electrons. The summed E-state index contributed by atoms with van der Waals surface area (Å²) in [5.74, 6) is -0.975. The second-order valence-electron chi connectivity index (χ2n) is 3.76. The van der Waals surface area contributed by atoms with E-state index in [1.54, 1.807) is 19.9 Å². The van der Waals surface area contributed by atoms with Crippen molar-refractivity contribution in [3.63, 3.8) is 0 Å². The summed E-state index contributed by atoms with van der Waals surface area (Å²) in [4.78, 5) is 21.0. The fourth-order valence-corrected chi connectivity index (χ4v) is 1.49. The van der Waals surface area contributed by atoms with Gasteiger partial charge in [-0.3, -0.25) is 10.1 Å². The molecule has 1 aromatic carbocycles. The smallest absolute Gasteiger partial charge is 0.326 e. The minimum Gasteiger partial charge on any atom is -0.480 e. The lowest BCUT2D eigenvalue weighted by atomic mass is 10.1. The van der Waals surface area contributed by atoms with Gasteiger partial charge in [0.05, 0.1) is 4.92 Å². The van der Waals surface area contributed by atoms with Crippen molar-refractivity contribution in [3.8, 4) is 0 Å². The van der Waals surface area contributed by atoms with Crippen LogP contribution in [0.5, 0.6) is 0 Å². The number of aryl methyl sites for hydroxylation is 1. The van der Waals surface area contributed by atoms with E-state index in [0.29, 0.717) is 17.7 Å². The van der Waals surface area contributed by atoms with Gasteiger partial charge in [-0.05, 0) is 25.0 Å². The number of nitro benzene ring substituents is 1. The van der Waals surface area contributed by atoms with E-state index in [0.717, 1.165) is 0 Å². The Bertz CT molecular complexity index is 445. The molecule has 0 heterocycles. The molecule has 0 aliphatic rings. The SMILES string of the molecule is CCC(Nc1cc(C)cc([N+](=O)[O-])c1)C(=O)O. The number of nitrogens with zero attached hydrogens (tertiary/aromatic N) is 1. The van der Waals surface area contributed by atoms with Crippen molar-refractivity contribution in [2.45, 2.75) is 26.3 Å². The third-order valence-corrected chi connectivity index (χ3v) is 2.32. The van der Waals surface area contributed by atoms with Gasteiger partial charge in [0.1, 0.15) is 6.04 Å². The highest BCUT2D eigenvalue weighted by molar-refractivity contribution is 5.77. The number of aliphatic carboxylic acids is 1. The second-order valence-corrected chi connectivity index (χ2v) is 3.76. The zero-order valence-corrected chi connectivity index (χ0v) is 9.64. The lowest BCUT2D eigenvalue weighted by Crippen LogP contribution is -2.28. The van der Waals surface area contributed by atoms with Gasteiger partial charge in [0.15, 0.2) is 0 Å². The topological polar surface area (TPSA) is 92.5 Å². The first-order chi connectivity index (χ1) is 7.93. The van der Waals surface area contributed by atoms with E-state index < -0.39 is 16.9 Å². The number of hydrogen-bond acceptors (Lipinski definition) is 4. The molecular weight excluding hydrogens is 224 g/mol. The Balaban J connectivity index is 2.98. The summed E-state index contributed by atoms with van der Waals surface area (Å²) in [5, 5.41) is 22.3. The molecule has 6 heteroatoms. The quantitative estimate of drug-likeness (QED) is 0.605. The van der Waals surface area contributed by atoms with Gasteiger partial charge in [0.25, 0.3) is 5.69 Å². The van der Waals surface area contributed by atoms with Crippen molar-refractivity contribution in [1.82, 2.24) is 0 Å². The van der Waals surface area contributed by atoms with E-state index >= 15 is 0 Å². The standard InChI is InChI=1S/C11H14N2O4/c1-3-10(11(14)15)12-8-4-7(2)5-9(6-8)13(16)17/h4-6,10,12H,3H2,1-2H3,(H,14,15). The van der Waals surface area contributed by atoms with Gasteiger partial charge in [-0.2, -0.15) is 0 Å². The van der Waals surface area contributed by atoms with Crippen molar-refractivity contribution in [2.24, 2.45) is 0 Å². The molecule has 2 N–H and O–H groups in total. The molecule has 0 saturated carbocycles. The summed E-state index contributed by atoms with van der Waals surface area (Å²) in [6.45, 7) is 3.45. The molecule has 0 bridgehead atoms. The molecular formula is C11H14N2O4. The zero-order valence-electron chi connectivity index (χ0n) is 9.64. The molecule has 0 radical (unpaired) electrons. The molecule has 17 heavy (non-hydrogen) atoms. The van der Waals surface area contributed by atoms with Gasteiger partial charge in [0, 0.05) is 17.8 Å². The third-order valence-electron chi connectivity index (χ3n) is 2.32. The minimum absolute atomic E-state index is 0.0484. The minimum atomic E-state index is -0.975. The van der Waals surface area contributed by atoms with Crippen LogP contribution in [-0.4, -0.2) is 22.0 Å². The monoisotopic (exact) mass is 238 g/mol. The fraction of sp³-hybridized carbons (Fsp3) is 0.364. The van der Waals surface area contributed by atoms with Crippen molar-refractivity contribution in [3.05, 3.63) is 33.9 Å². The average Bonchev–Trinajstić information content (AvgIpc) is 2.24. The number of carbonyl (C=O) groups is 1. The Morgan fingerprint density at radius 2 is 2.18 bits per heavy atom. The van der Waals surface area contributed by atoms with Gasteiger partial charge in [-0.15, -0.1) is 0 Å². The highest BCUT2D eigenvalue weighted by atomic mass is 16.6. The fourth-order valence-electron chi connectivity index (χ4n) is 1.49. The molecule has 1 rings (SSSR count). The van der Waals surface area contributed by atoms with Crippen molar-refractivity contribution < 1.29 is 14.8 Å². The van der Waals surface area contributed by atoms with E-state index in [4.69, 9.17) is 5.11 Å². The van der Waals surface area contributed by atoms with Crippen LogP contribution in [0.15, 0.2) is 18.2 Å². The molecule has 0 aliphatic heterocycles. The number of nitrogens with one attached hydrogen (secondary N) is 1. The van der Waals surface area contributed by atoms with E-state index in [1.165, 1.54) is 12.1 Å². The number of hydrogen-bond donors (Lipinski definition) is 2. The summed E-state index contributed by atoms with van der Waals surface area (Å²) in [5.41, 5.74) is 1.11. The molecule has 0 aromatic heterocycles. The maximum Gasteiger partial charge on any atom is 0.326 e. The molecule has 0 saturated heterocycles. The first-order valence-electron chi connectivity index (χ1n) is 5.19. The summed E-state index contributed by atoms with van der Waals surface area (Å²) in [6.07, 6.45) is 0.400. The molecule has 0 spiro atoms.